The van der Waals surface area contributed by atoms with Crippen LogP contribution in [0.15, 0.2) is 48.5 Å². The smallest absolute Gasteiger partial charge is 0.249 e. The number of nitrogens with zero attached hydrogens (tertiary/aromatic N) is 2. The minimum absolute atomic E-state index is 0.0464. The summed E-state index contributed by atoms with van der Waals surface area (Å²) in [5.41, 5.74) is 2.47. The summed E-state index contributed by atoms with van der Waals surface area (Å²) in [7, 11) is 1.60. The maximum atomic E-state index is 12.7. The fraction of sp³-hybridized carbons (Fsp3) is 0.375. The highest BCUT2D eigenvalue weighted by molar-refractivity contribution is 5.91. The number of methoxy groups -OCH3 is 1. The van der Waals surface area contributed by atoms with Gasteiger partial charge in [0.2, 0.25) is 11.8 Å². The van der Waals surface area contributed by atoms with Crippen molar-refractivity contribution in [3.05, 3.63) is 54.4 Å². The van der Waals surface area contributed by atoms with E-state index in [-0.39, 0.29) is 24.5 Å². The predicted octanol–water partition coefficient (Wildman–Crippen LogP) is 2.91. The molecule has 1 aromatic heterocycles. The number of rotatable bonds is 9. The lowest BCUT2D eigenvalue weighted by molar-refractivity contribution is -0.130. The maximum Gasteiger partial charge on any atom is 0.249 e. The summed E-state index contributed by atoms with van der Waals surface area (Å²) < 4.78 is 12.5. The maximum absolute atomic E-state index is 12.7. The molecule has 8 nitrogen and oxygen atoms in total. The number of nitrogens with one attached hydrogen (secondary N) is 2. The van der Waals surface area contributed by atoms with Crippen molar-refractivity contribution in [2.24, 2.45) is 0 Å². The molecule has 2 N–H and O–H groups in total. The van der Waals surface area contributed by atoms with Crippen LogP contribution in [0, 0.1) is 0 Å². The van der Waals surface area contributed by atoms with Crippen LogP contribution in [0.25, 0.3) is 11.0 Å². The summed E-state index contributed by atoms with van der Waals surface area (Å²) in [6, 6.07) is 15.0. The number of fused-ring (bicyclic) bond motifs is 1. The van der Waals surface area contributed by atoms with Crippen LogP contribution < -0.4 is 15.4 Å². The second kappa shape index (κ2) is 10.3. The first-order valence-electron chi connectivity index (χ1n) is 10.9. The number of imidazole rings is 1. The average molecular weight is 437 g/mol. The zero-order valence-corrected chi connectivity index (χ0v) is 18.2. The third kappa shape index (κ3) is 5.26. The Morgan fingerprint density at radius 1 is 1.19 bits per heavy atom. The Bertz CT molecular complexity index is 1070. The molecule has 1 fully saturated rings. The van der Waals surface area contributed by atoms with Gasteiger partial charge in [0.25, 0.3) is 0 Å². The third-order valence-electron chi connectivity index (χ3n) is 5.51. The van der Waals surface area contributed by atoms with Gasteiger partial charge in [0.1, 0.15) is 24.2 Å². The molecule has 168 valence electrons. The van der Waals surface area contributed by atoms with E-state index in [1.54, 1.807) is 31.4 Å². The van der Waals surface area contributed by atoms with Gasteiger partial charge < -0.3 is 24.7 Å². The van der Waals surface area contributed by atoms with Gasteiger partial charge in [-0.25, -0.2) is 4.98 Å². The molecule has 3 aromatic rings. The molecule has 0 saturated carbocycles. The number of carbonyl (C=O) groups is 2. The van der Waals surface area contributed by atoms with E-state index >= 15 is 0 Å². The monoisotopic (exact) mass is 436 g/mol. The number of ether oxygens (including phenoxy) is 2. The number of aromatic nitrogens is 2. The van der Waals surface area contributed by atoms with Crippen LogP contribution in [0.4, 0.5) is 5.69 Å². The number of benzene rings is 2. The summed E-state index contributed by atoms with van der Waals surface area (Å²) in [5.74, 6) is 1.38. The van der Waals surface area contributed by atoms with Crippen LogP contribution in [0.5, 0.6) is 5.75 Å². The number of aryl methyl sites for hydroxylation is 1. The topological polar surface area (TPSA) is 94.5 Å². The first-order valence-corrected chi connectivity index (χ1v) is 10.9. The lowest BCUT2D eigenvalue weighted by Gasteiger charge is -2.12. The van der Waals surface area contributed by atoms with Crippen LogP contribution in [-0.2, 0) is 27.3 Å². The molecule has 0 spiro atoms. The molecule has 32 heavy (non-hydrogen) atoms. The largest absolute Gasteiger partial charge is 0.497 e. The SMILES string of the molecule is COc1ccc(NC(=O)Cn2c(CCCNC(=O)C3CCCO3)nc3ccccc32)cc1. The molecule has 1 unspecified atom stereocenters. The molecule has 0 aliphatic carbocycles. The minimum atomic E-state index is -0.318. The van der Waals surface area contributed by atoms with Gasteiger partial charge in [0.15, 0.2) is 0 Å². The van der Waals surface area contributed by atoms with E-state index in [0.29, 0.717) is 25.3 Å². The standard InChI is InChI=1S/C24H28N4O4/c1-31-18-12-10-17(11-13-18)26-23(29)16-28-20-7-3-2-6-19(20)27-22(28)9-4-14-25-24(30)21-8-5-15-32-21/h2-3,6-7,10-13,21H,4-5,8-9,14-16H2,1H3,(H,25,30)(H,26,29). The van der Waals surface area contributed by atoms with Crippen molar-refractivity contribution in [3.63, 3.8) is 0 Å². The summed E-state index contributed by atoms with van der Waals surface area (Å²) in [6.45, 7) is 1.35. The third-order valence-corrected chi connectivity index (χ3v) is 5.51. The van der Waals surface area contributed by atoms with Gasteiger partial charge in [0.05, 0.1) is 18.1 Å². The van der Waals surface area contributed by atoms with Crippen LogP contribution in [-0.4, -0.2) is 47.7 Å². The Kier molecular flexibility index (Phi) is 7.01. The van der Waals surface area contributed by atoms with Gasteiger partial charge in [-0.2, -0.15) is 0 Å². The van der Waals surface area contributed by atoms with Crippen LogP contribution in [0.3, 0.4) is 0 Å². The summed E-state index contributed by atoms with van der Waals surface area (Å²) in [5, 5.41) is 5.86. The van der Waals surface area contributed by atoms with Gasteiger partial charge in [-0.3, -0.25) is 9.59 Å². The van der Waals surface area contributed by atoms with Crippen molar-refractivity contribution in [2.75, 3.05) is 25.6 Å². The number of para-hydroxylation sites is 2. The molecular weight excluding hydrogens is 408 g/mol. The molecule has 1 aliphatic heterocycles. The first-order chi connectivity index (χ1) is 15.6. The summed E-state index contributed by atoms with van der Waals surface area (Å²) in [6.07, 6.45) is 2.77. The molecule has 1 aliphatic rings. The van der Waals surface area contributed by atoms with Gasteiger partial charge in [-0.05, 0) is 55.7 Å². The van der Waals surface area contributed by atoms with Crippen molar-refractivity contribution in [2.45, 2.75) is 38.3 Å². The Balaban J connectivity index is 1.39. The Hall–Kier alpha value is -3.39. The van der Waals surface area contributed by atoms with Gasteiger partial charge in [-0.15, -0.1) is 0 Å². The van der Waals surface area contributed by atoms with E-state index in [0.717, 1.165) is 41.9 Å². The highest BCUT2D eigenvalue weighted by Crippen LogP contribution is 2.19. The number of carbonyl (C=O) groups excluding carboxylic acids is 2. The molecule has 0 radical (unpaired) electrons. The molecule has 2 amide bonds. The van der Waals surface area contributed by atoms with Crippen molar-refractivity contribution in [1.82, 2.24) is 14.9 Å². The lowest BCUT2D eigenvalue weighted by atomic mass is 10.2. The van der Waals surface area contributed by atoms with E-state index in [1.165, 1.54) is 0 Å². The number of hydrogen-bond acceptors (Lipinski definition) is 5. The molecule has 2 aromatic carbocycles. The van der Waals surface area contributed by atoms with Crippen molar-refractivity contribution in [3.8, 4) is 5.75 Å². The number of anilines is 1. The van der Waals surface area contributed by atoms with E-state index < -0.39 is 0 Å². The Morgan fingerprint density at radius 3 is 2.75 bits per heavy atom. The minimum Gasteiger partial charge on any atom is -0.497 e. The van der Waals surface area contributed by atoms with Crippen molar-refractivity contribution >= 4 is 28.5 Å². The van der Waals surface area contributed by atoms with Gasteiger partial charge >= 0.3 is 0 Å². The normalized spacial score (nSPS) is 15.6. The Morgan fingerprint density at radius 2 is 2.00 bits per heavy atom. The predicted molar refractivity (Wildman–Crippen MR) is 122 cm³/mol. The second-order valence-electron chi connectivity index (χ2n) is 7.78. The van der Waals surface area contributed by atoms with E-state index in [9.17, 15) is 9.59 Å². The van der Waals surface area contributed by atoms with E-state index in [2.05, 4.69) is 10.6 Å². The fourth-order valence-electron chi connectivity index (χ4n) is 3.87. The highest BCUT2D eigenvalue weighted by Gasteiger charge is 2.23. The molecule has 4 rings (SSSR count). The second-order valence-corrected chi connectivity index (χ2v) is 7.78. The average Bonchev–Trinajstić information content (AvgIpc) is 3.46. The number of hydrogen-bond donors (Lipinski definition) is 2. The van der Waals surface area contributed by atoms with Crippen molar-refractivity contribution < 1.29 is 19.1 Å². The quantitative estimate of drug-likeness (QED) is 0.503. The molecule has 1 atom stereocenters. The highest BCUT2D eigenvalue weighted by atomic mass is 16.5. The summed E-state index contributed by atoms with van der Waals surface area (Å²) >= 11 is 0. The Labute approximate surface area is 186 Å². The zero-order valence-electron chi connectivity index (χ0n) is 18.2. The fourth-order valence-corrected chi connectivity index (χ4v) is 3.87. The lowest BCUT2D eigenvalue weighted by Crippen LogP contribution is -2.34. The first kappa shape index (κ1) is 21.8. The summed E-state index contributed by atoms with van der Waals surface area (Å²) in [4.78, 5) is 29.6. The van der Waals surface area contributed by atoms with Crippen molar-refractivity contribution in [1.29, 1.82) is 0 Å². The molecule has 1 saturated heterocycles. The van der Waals surface area contributed by atoms with E-state index in [1.807, 2.05) is 28.8 Å². The zero-order chi connectivity index (χ0) is 22.3. The van der Waals surface area contributed by atoms with Crippen LogP contribution in [0.1, 0.15) is 25.1 Å². The van der Waals surface area contributed by atoms with Crippen LogP contribution in [0.2, 0.25) is 0 Å². The van der Waals surface area contributed by atoms with Crippen LogP contribution >= 0.6 is 0 Å². The van der Waals surface area contributed by atoms with Gasteiger partial charge in [0, 0.05) is 25.3 Å². The van der Waals surface area contributed by atoms with E-state index in [4.69, 9.17) is 14.5 Å². The molecule has 0 bridgehead atoms. The molecule has 2 heterocycles. The molecular formula is C24H28N4O4. The number of amides is 2. The van der Waals surface area contributed by atoms with Gasteiger partial charge in [-0.1, -0.05) is 12.1 Å². The molecule has 8 heteroatoms.